The average Bonchev–Trinajstić information content (AvgIpc) is 2.36. The van der Waals surface area contributed by atoms with Gasteiger partial charge in [0.25, 0.3) is 0 Å². The summed E-state index contributed by atoms with van der Waals surface area (Å²) in [5.41, 5.74) is 1.42. The summed E-state index contributed by atoms with van der Waals surface area (Å²) in [5, 5.41) is 0. The van der Waals surface area contributed by atoms with E-state index in [1.54, 1.807) is 0 Å². The van der Waals surface area contributed by atoms with Crippen LogP contribution in [-0.2, 0) is 27.5 Å². The standard InChI is InChI=1S/C11H18N.CH4O4S/c1-3-5-8-12-9-6-7-11(4-2)10-12;1-5-6(2,3)4/h6-7,9-10H,3-5,8H2,1-2H3;1H3,(H,2,3,4)/q+1;/p-1. The van der Waals surface area contributed by atoms with Crippen molar-refractivity contribution in [1.29, 1.82) is 0 Å². The Balaban J connectivity index is 0.000000411. The molecule has 0 unspecified atom stereocenters. The first-order chi connectivity index (χ1) is 8.42. The Morgan fingerprint density at radius 2 is 2.00 bits per heavy atom. The molecule has 0 amide bonds. The fraction of sp³-hybridized carbons (Fsp3) is 0.583. The number of hydrogen-bond donors (Lipinski definition) is 0. The average molecular weight is 275 g/mol. The quantitative estimate of drug-likeness (QED) is 0.463. The lowest BCUT2D eigenvalue weighted by Crippen LogP contribution is -2.33. The Labute approximate surface area is 109 Å². The Morgan fingerprint density at radius 1 is 1.39 bits per heavy atom. The SMILES string of the molecule is CCCC[n+]1cccc(CC)c1.COS(=O)(=O)[O-]. The fourth-order valence-electron chi connectivity index (χ4n) is 1.27. The molecule has 0 saturated carbocycles. The summed E-state index contributed by atoms with van der Waals surface area (Å²) >= 11 is 0. The number of aromatic nitrogens is 1. The molecule has 18 heavy (non-hydrogen) atoms. The highest BCUT2D eigenvalue weighted by Gasteiger charge is 1.99. The van der Waals surface area contributed by atoms with E-state index in [9.17, 15) is 13.0 Å². The van der Waals surface area contributed by atoms with E-state index in [1.165, 1.54) is 18.4 Å². The molecule has 0 saturated heterocycles. The van der Waals surface area contributed by atoms with Crippen LogP contribution in [0.2, 0.25) is 0 Å². The topological polar surface area (TPSA) is 70.3 Å². The second-order valence-corrected chi connectivity index (χ2v) is 4.88. The molecule has 5 nitrogen and oxygen atoms in total. The smallest absolute Gasteiger partial charge is 0.217 e. The van der Waals surface area contributed by atoms with Crippen LogP contribution in [0.4, 0.5) is 0 Å². The maximum atomic E-state index is 9.22. The van der Waals surface area contributed by atoms with Crippen molar-refractivity contribution in [3.8, 4) is 0 Å². The molecule has 1 aromatic heterocycles. The Bertz CT molecular complexity index is 431. The van der Waals surface area contributed by atoms with Gasteiger partial charge in [0.05, 0.1) is 7.11 Å². The third-order valence-corrected chi connectivity index (χ3v) is 2.71. The minimum absolute atomic E-state index is 0.808. The van der Waals surface area contributed by atoms with Crippen LogP contribution >= 0.6 is 0 Å². The molecule has 0 N–H and O–H groups in total. The number of unbranched alkanes of at least 4 members (excludes halogenated alkanes) is 1. The third kappa shape index (κ3) is 9.09. The van der Waals surface area contributed by atoms with Gasteiger partial charge < -0.3 is 4.55 Å². The zero-order valence-electron chi connectivity index (χ0n) is 11.1. The van der Waals surface area contributed by atoms with Crippen molar-refractivity contribution in [1.82, 2.24) is 0 Å². The Morgan fingerprint density at radius 3 is 2.44 bits per heavy atom. The van der Waals surface area contributed by atoms with E-state index in [1.807, 2.05) is 0 Å². The van der Waals surface area contributed by atoms with E-state index in [4.69, 9.17) is 0 Å². The molecule has 1 heterocycles. The van der Waals surface area contributed by atoms with Crippen LogP contribution in [0.15, 0.2) is 24.5 Å². The highest BCUT2D eigenvalue weighted by molar-refractivity contribution is 7.80. The monoisotopic (exact) mass is 275 g/mol. The van der Waals surface area contributed by atoms with Gasteiger partial charge in [-0.1, -0.05) is 20.3 Å². The van der Waals surface area contributed by atoms with Gasteiger partial charge in [-0.3, -0.25) is 4.18 Å². The van der Waals surface area contributed by atoms with Gasteiger partial charge in [0, 0.05) is 18.1 Å². The summed E-state index contributed by atoms with van der Waals surface area (Å²) in [5.74, 6) is 0. The van der Waals surface area contributed by atoms with Gasteiger partial charge in [-0.25, -0.2) is 13.0 Å². The van der Waals surface area contributed by atoms with E-state index in [2.05, 4.69) is 47.1 Å². The highest BCUT2D eigenvalue weighted by atomic mass is 32.3. The zero-order chi connectivity index (χ0) is 14.0. The molecule has 0 fully saturated rings. The highest BCUT2D eigenvalue weighted by Crippen LogP contribution is 1.95. The molecule has 1 aromatic rings. The van der Waals surface area contributed by atoms with Crippen molar-refractivity contribution in [3.63, 3.8) is 0 Å². The van der Waals surface area contributed by atoms with Gasteiger partial charge in [0.15, 0.2) is 12.4 Å². The summed E-state index contributed by atoms with van der Waals surface area (Å²) in [6.07, 6.45) is 8.07. The molecular formula is C12H21NO4S. The molecule has 0 aliphatic carbocycles. The van der Waals surface area contributed by atoms with Crippen LogP contribution in [-0.4, -0.2) is 20.1 Å². The van der Waals surface area contributed by atoms with Crippen LogP contribution in [0.25, 0.3) is 0 Å². The van der Waals surface area contributed by atoms with E-state index in [0.717, 1.165) is 20.1 Å². The molecule has 0 spiro atoms. The van der Waals surface area contributed by atoms with Crippen LogP contribution in [0.3, 0.4) is 0 Å². The number of pyridine rings is 1. The maximum Gasteiger partial charge on any atom is 0.217 e. The normalized spacial score (nSPS) is 10.7. The van der Waals surface area contributed by atoms with Gasteiger partial charge in [0.1, 0.15) is 6.54 Å². The first-order valence-corrected chi connectivity index (χ1v) is 7.25. The predicted molar refractivity (Wildman–Crippen MR) is 67.6 cm³/mol. The van der Waals surface area contributed by atoms with Gasteiger partial charge in [-0.15, -0.1) is 0 Å². The van der Waals surface area contributed by atoms with Crippen molar-refractivity contribution in [3.05, 3.63) is 30.1 Å². The third-order valence-electron chi connectivity index (χ3n) is 2.30. The number of nitrogens with zero attached hydrogens (tertiary/aromatic N) is 1. The van der Waals surface area contributed by atoms with E-state index >= 15 is 0 Å². The number of hydrogen-bond acceptors (Lipinski definition) is 4. The zero-order valence-corrected chi connectivity index (χ0v) is 11.9. The largest absolute Gasteiger partial charge is 0.726 e. The number of aryl methyl sites for hydroxylation is 2. The van der Waals surface area contributed by atoms with Crippen molar-refractivity contribution >= 4 is 10.4 Å². The fourth-order valence-corrected chi connectivity index (χ4v) is 1.27. The van der Waals surface area contributed by atoms with Gasteiger partial charge >= 0.3 is 0 Å². The van der Waals surface area contributed by atoms with Crippen molar-refractivity contribution in [2.45, 2.75) is 39.7 Å². The lowest BCUT2D eigenvalue weighted by atomic mass is 10.2. The van der Waals surface area contributed by atoms with Gasteiger partial charge in [-0.2, -0.15) is 0 Å². The molecule has 0 aliphatic heterocycles. The molecule has 1 rings (SSSR count). The van der Waals surface area contributed by atoms with Crippen molar-refractivity contribution < 1.29 is 21.7 Å². The first-order valence-electron chi connectivity index (χ1n) is 5.92. The molecule has 0 aromatic carbocycles. The second-order valence-electron chi connectivity index (χ2n) is 3.73. The minimum Gasteiger partial charge on any atom is -0.726 e. The Kier molecular flexibility index (Phi) is 8.53. The maximum absolute atomic E-state index is 9.22. The lowest BCUT2D eigenvalue weighted by molar-refractivity contribution is -0.697. The molecule has 0 radical (unpaired) electrons. The van der Waals surface area contributed by atoms with E-state index in [-0.39, 0.29) is 0 Å². The van der Waals surface area contributed by atoms with Crippen LogP contribution in [0.1, 0.15) is 32.3 Å². The molecule has 0 aliphatic rings. The van der Waals surface area contributed by atoms with Crippen LogP contribution < -0.4 is 4.57 Å². The predicted octanol–water partition coefficient (Wildman–Crippen LogP) is 1.43. The van der Waals surface area contributed by atoms with Crippen molar-refractivity contribution in [2.24, 2.45) is 0 Å². The number of rotatable bonds is 5. The van der Waals surface area contributed by atoms with Gasteiger partial charge in [0.2, 0.25) is 10.4 Å². The molecule has 6 heteroatoms. The summed E-state index contributed by atoms with van der Waals surface area (Å²) < 4.78 is 33.3. The van der Waals surface area contributed by atoms with Gasteiger partial charge in [-0.05, 0) is 12.5 Å². The lowest BCUT2D eigenvalue weighted by Gasteiger charge is -1.98. The van der Waals surface area contributed by atoms with Crippen LogP contribution in [0, 0.1) is 0 Å². The summed E-state index contributed by atoms with van der Waals surface area (Å²) in [6.45, 7) is 5.58. The summed E-state index contributed by atoms with van der Waals surface area (Å²) in [7, 11) is -3.60. The minimum atomic E-state index is -4.41. The molecule has 0 atom stereocenters. The van der Waals surface area contributed by atoms with E-state index < -0.39 is 10.4 Å². The Hall–Kier alpha value is -0.980. The van der Waals surface area contributed by atoms with E-state index in [0.29, 0.717) is 0 Å². The molecule has 104 valence electrons. The first kappa shape index (κ1) is 17.0. The second kappa shape index (κ2) is 9.02. The summed E-state index contributed by atoms with van der Waals surface area (Å²) in [4.78, 5) is 0. The molecule has 0 bridgehead atoms. The molecular weight excluding hydrogens is 254 g/mol. The van der Waals surface area contributed by atoms with Crippen molar-refractivity contribution in [2.75, 3.05) is 7.11 Å². The summed E-state index contributed by atoms with van der Waals surface area (Å²) in [6, 6.07) is 4.32. The van der Waals surface area contributed by atoms with Crippen LogP contribution in [0.5, 0.6) is 0 Å².